The number of hydrogen-bond acceptors (Lipinski definition) is 22. The zero-order valence-corrected chi connectivity index (χ0v) is 82.2. The van der Waals surface area contributed by atoms with Crippen LogP contribution in [0.4, 0.5) is 17.2 Å². The number of benzene rings is 10. The van der Waals surface area contributed by atoms with Crippen molar-refractivity contribution in [2.75, 3.05) is 18.6 Å². The van der Waals surface area contributed by atoms with Crippen LogP contribution < -0.4 is 66.3 Å². The number of esters is 1. The van der Waals surface area contributed by atoms with E-state index in [0.29, 0.717) is 73.1 Å². The fourth-order valence-electron chi connectivity index (χ4n) is 18.1. The summed E-state index contributed by atoms with van der Waals surface area (Å²) in [5.74, 6) is 1.40. The molecule has 0 aliphatic carbocycles. The van der Waals surface area contributed by atoms with E-state index in [9.17, 15) is 47.9 Å². The molecule has 10 heterocycles. The number of methoxy groups -OCH3 is 1. The molecule has 0 amide bonds. The summed E-state index contributed by atoms with van der Waals surface area (Å²) in [7, 11) is 1.36. The minimum absolute atomic E-state index is 0.204. The van der Waals surface area contributed by atoms with Crippen LogP contribution >= 0.6 is 0 Å². The highest BCUT2D eigenvalue weighted by Gasteiger charge is 2.29. The summed E-state index contributed by atoms with van der Waals surface area (Å²) in [6.07, 6.45) is 11.4. The van der Waals surface area contributed by atoms with Crippen molar-refractivity contribution in [1.29, 1.82) is 0 Å². The standard InChI is InChI=1S/C23H22N4O3.C23H24N4O2.3C22H22N4O2/c1-14-12-18-19(13-17(14)23(29)30-3)27(11-7-10-16-8-5-4-6-9-16)21-20(26-18)22(28)25-15(2)24-21;1-4-17-13-18-19(12-15(17)3)27(11-5-6-16-9-7-14(2)8-10-16)21-20(24-18)22(28)26-23(29)25-21;1-13-6-9-16(10-7-13)5-4-12-26-17-11-8-14(2)15(3)18(17)23-19-20(26)24-22(28)25-21(19)27;1-3-15-9-10-18-17(13-15)23-19-20(24-22(28)25-21(19)27)26(18)11-5-8-16-7-4-6-14(2)12-16;1-3-15-10-11-18-17(13-15)23-19-20(24-22(28)25-21(19)27)26(18)12-4-5-16-8-6-14(2)7-9-16/h4-6,8-9,12-13H,2,7,10-11H2,1,3H3,(H,25,28);7-10,12-13H,4-6,11H2,1-3H3,(H,26,28,29);6-11H,4-5,12H2,1-3H3,(H,25,27,28);4,6-7,9-10,12-13H,3,5,8,11H2,1-2H3,(H,25,27,28);6-11,13H,3-5,12H2,1-2H3,(H,25,27,28). The van der Waals surface area contributed by atoms with Gasteiger partial charge in [-0.2, -0.15) is 19.9 Å². The monoisotopic (exact) mass is 1910 g/mol. The maximum absolute atomic E-state index is 12.5. The van der Waals surface area contributed by atoms with E-state index in [1.54, 1.807) is 12.1 Å². The third-order valence-electron chi connectivity index (χ3n) is 25.9. The zero-order valence-electron chi connectivity index (χ0n) is 82.2. The van der Waals surface area contributed by atoms with Crippen LogP contribution in [0.5, 0.6) is 0 Å². The summed E-state index contributed by atoms with van der Waals surface area (Å²) in [6, 6.07) is 67.9. The van der Waals surface area contributed by atoms with Gasteiger partial charge in [-0.05, 0) is 260 Å². The highest BCUT2D eigenvalue weighted by Crippen LogP contribution is 2.38. The van der Waals surface area contributed by atoms with E-state index in [1.807, 2.05) is 105 Å². The molecule has 0 bridgehead atoms. The van der Waals surface area contributed by atoms with Crippen molar-refractivity contribution in [2.45, 2.75) is 186 Å². The number of aromatic amines is 5. The Labute approximate surface area is 821 Å². The first-order chi connectivity index (χ1) is 69.0. The van der Waals surface area contributed by atoms with E-state index in [2.05, 4.69) is 264 Å². The number of carbonyl (C=O) groups is 1. The molecule has 10 aromatic carbocycles. The summed E-state index contributed by atoms with van der Waals surface area (Å²) in [4.78, 5) is 178. The first kappa shape index (κ1) is 99.2. The Balaban J connectivity index is 0.000000128. The molecular formula is C112H112N20O11. The van der Waals surface area contributed by atoms with Gasteiger partial charge in [-0.1, -0.05) is 195 Å². The molecule has 0 saturated heterocycles. The van der Waals surface area contributed by atoms with E-state index in [0.717, 1.165) is 161 Å². The number of carbonyl (C=O) groups excluding carboxylic acids is 1. The van der Waals surface area contributed by atoms with Gasteiger partial charge in [0.2, 0.25) is 0 Å². The molecule has 5 N–H and O–H groups in total. The van der Waals surface area contributed by atoms with Crippen LogP contribution in [0, 0.1) is 55.4 Å². The van der Waals surface area contributed by atoms with Gasteiger partial charge in [-0.3, -0.25) is 43.9 Å². The molecule has 31 heteroatoms. The molecule has 1 aromatic heterocycles. The Morgan fingerprint density at radius 1 is 0.343 bits per heavy atom. The second kappa shape index (κ2) is 44.1. The van der Waals surface area contributed by atoms with Crippen molar-refractivity contribution in [3.8, 4) is 46.1 Å². The maximum Gasteiger partial charge on any atom is 0.349 e. The third-order valence-corrected chi connectivity index (χ3v) is 25.9. The van der Waals surface area contributed by atoms with E-state index < -0.39 is 51.0 Å². The van der Waals surface area contributed by atoms with E-state index in [1.165, 1.54) is 68.3 Å². The van der Waals surface area contributed by atoms with Crippen LogP contribution in [0.1, 0.15) is 152 Å². The second-order valence-corrected chi connectivity index (χ2v) is 36.1. The van der Waals surface area contributed by atoms with E-state index >= 15 is 0 Å². The molecule has 0 atom stereocenters. The zero-order chi connectivity index (χ0) is 101. The minimum Gasteiger partial charge on any atom is -0.465 e. The van der Waals surface area contributed by atoms with Gasteiger partial charge in [0.15, 0.2) is 57.2 Å². The lowest BCUT2D eigenvalue weighted by Crippen LogP contribution is -2.42. The molecule has 11 aromatic rings. The molecular weight excluding hydrogens is 1800 g/mol. The Kier molecular flexibility index (Phi) is 30.6. The number of nitrogens with zero attached hydrogens (tertiary/aromatic N) is 15. The van der Waals surface area contributed by atoms with Gasteiger partial charge in [-0.25, -0.2) is 53.9 Å². The normalized spacial score (nSPS) is 11.5. The molecule has 143 heavy (non-hydrogen) atoms. The summed E-state index contributed by atoms with van der Waals surface area (Å²) in [6.45, 7) is 29.4. The molecule has 0 saturated carbocycles. The number of aryl methyl sites for hydroxylation is 20. The van der Waals surface area contributed by atoms with Crippen LogP contribution in [0.15, 0.2) is 248 Å². The molecule has 9 aliphatic rings. The quantitative estimate of drug-likeness (QED) is 0.0277. The molecule has 0 unspecified atom stereocenters. The number of H-pyrrole nitrogens is 5. The van der Waals surface area contributed by atoms with Crippen molar-refractivity contribution in [3.05, 3.63) is 399 Å². The average molecular weight is 1910 g/mol. The highest BCUT2D eigenvalue weighted by molar-refractivity contribution is 5.95. The third kappa shape index (κ3) is 22.9. The first-order valence-corrected chi connectivity index (χ1v) is 48.1. The van der Waals surface area contributed by atoms with Gasteiger partial charge in [0.05, 0.1) is 68.2 Å². The van der Waals surface area contributed by atoms with Crippen molar-refractivity contribution in [3.63, 3.8) is 0 Å². The van der Waals surface area contributed by atoms with Crippen LogP contribution in [-0.2, 0) is 82.3 Å². The number of fused-ring (bicyclic) bond motifs is 10. The lowest BCUT2D eigenvalue weighted by molar-refractivity contribution is 0.0599. The number of ether oxygens (including phenoxy) is 1. The van der Waals surface area contributed by atoms with Crippen LogP contribution in [0.25, 0.3) is 96.8 Å². The Bertz CT molecular complexity index is 8580. The summed E-state index contributed by atoms with van der Waals surface area (Å²) >= 11 is 0. The fourth-order valence-corrected chi connectivity index (χ4v) is 18.1. The van der Waals surface area contributed by atoms with Gasteiger partial charge >= 0.3 is 28.7 Å². The van der Waals surface area contributed by atoms with Crippen LogP contribution in [-0.4, -0.2) is 108 Å². The van der Waals surface area contributed by atoms with Gasteiger partial charge in [0, 0.05) is 32.7 Å². The van der Waals surface area contributed by atoms with Crippen molar-refractivity contribution in [2.24, 2.45) is 4.99 Å². The topological polar surface area (TPSA) is 410 Å². The number of anilines is 2. The smallest absolute Gasteiger partial charge is 0.349 e. The Morgan fingerprint density at radius 3 is 1.20 bits per heavy atom. The number of nitrogens with one attached hydrogen (secondary N) is 5. The van der Waals surface area contributed by atoms with Crippen molar-refractivity contribution >= 4 is 73.9 Å². The van der Waals surface area contributed by atoms with E-state index in [4.69, 9.17) is 4.74 Å². The second-order valence-electron chi connectivity index (χ2n) is 36.1. The van der Waals surface area contributed by atoms with Gasteiger partial charge in [-0.15, -0.1) is 0 Å². The molecule has 9 aliphatic heterocycles. The molecule has 31 nitrogen and oxygen atoms in total. The number of hydrogen-bond donors (Lipinski definition) is 5. The molecule has 20 rings (SSSR count). The van der Waals surface area contributed by atoms with Crippen molar-refractivity contribution in [1.82, 2.24) is 88.0 Å². The Hall–Kier alpha value is -16.9. The van der Waals surface area contributed by atoms with Crippen molar-refractivity contribution < 1.29 is 9.53 Å². The Morgan fingerprint density at radius 2 is 0.748 bits per heavy atom. The SMILES string of the molecule is C=c1nc2c(c(=O)[nH]1)=Nc1cc(C)c(C(=O)OC)cc1N2CCCc1ccccc1.CCc1cc2nc3c(=O)[nH]c(=O)nc-3n(CCCc3ccc(C)cc3)c2cc1C.CCc1ccc2c(c1)nc1c(=O)[nH]c(=O)nc-1n2CCCc1ccc(C)cc1.CCc1ccc2c(c1)nc1c(=O)[nH]c(=O)nc-1n2CCCc1cccc(C)c1.Cc1ccc(CCCn2c3nc(=O)[nH]c(=O)c-3nc3c(C)c(C)ccc32)cc1. The maximum atomic E-state index is 12.5. The predicted octanol–water partition coefficient (Wildman–Crippen LogP) is 15.0. The summed E-state index contributed by atoms with van der Waals surface area (Å²) < 4.78 is 12.7. The number of rotatable bonds is 24. The molecule has 726 valence electrons. The predicted molar refractivity (Wildman–Crippen MR) is 560 cm³/mol. The lowest BCUT2D eigenvalue weighted by atomic mass is 10.0. The fraction of sp³-hybridized carbons (Fsp3) is 0.268. The minimum atomic E-state index is -0.644. The molecule has 0 spiro atoms. The van der Waals surface area contributed by atoms with Crippen LogP contribution in [0.3, 0.4) is 0 Å². The lowest BCUT2D eigenvalue weighted by Gasteiger charge is -2.28. The number of aromatic nitrogens is 18. The summed E-state index contributed by atoms with van der Waals surface area (Å²) in [5, 5.41) is 0.250. The molecule has 0 radical (unpaired) electrons. The summed E-state index contributed by atoms with van der Waals surface area (Å²) in [5.41, 5.74) is 23.3. The molecule has 0 fully saturated rings. The van der Waals surface area contributed by atoms with E-state index in [-0.39, 0.29) is 39.2 Å². The van der Waals surface area contributed by atoms with Gasteiger partial charge < -0.3 is 32.9 Å². The first-order valence-electron chi connectivity index (χ1n) is 48.1. The largest absolute Gasteiger partial charge is 0.465 e. The average Bonchev–Trinajstić information content (AvgIpc) is 0.763. The van der Waals surface area contributed by atoms with Crippen LogP contribution in [0.2, 0.25) is 0 Å². The highest BCUT2D eigenvalue weighted by atomic mass is 16.5. The van der Waals surface area contributed by atoms with Gasteiger partial charge in [0.1, 0.15) is 5.48 Å². The van der Waals surface area contributed by atoms with Gasteiger partial charge in [0.25, 0.3) is 27.8 Å².